The number of benzene rings is 1. The monoisotopic (exact) mass is 420 g/mol. The predicted molar refractivity (Wildman–Crippen MR) is 109 cm³/mol. The van der Waals surface area contributed by atoms with E-state index in [0.29, 0.717) is 12.1 Å². The lowest BCUT2D eigenvalue weighted by Gasteiger charge is -2.27. The minimum Gasteiger partial charge on any atom is -0.493 e. The van der Waals surface area contributed by atoms with Crippen molar-refractivity contribution in [3.63, 3.8) is 0 Å². The van der Waals surface area contributed by atoms with E-state index < -0.39 is 6.61 Å². The van der Waals surface area contributed by atoms with Crippen molar-refractivity contribution in [3.8, 4) is 11.5 Å². The molecule has 1 saturated heterocycles. The Balaban J connectivity index is 1.83. The maximum absolute atomic E-state index is 13.0. The maximum Gasteiger partial charge on any atom is 0.387 e. The molecule has 0 saturated carbocycles. The maximum atomic E-state index is 13.0. The van der Waals surface area contributed by atoms with Crippen LogP contribution in [-0.4, -0.2) is 47.1 Å². The summed E-state index contributed by atoms with van der Waals surface area (Å²) in [4.78, 5) is 19.1. The summed E-state index contributed by atoms with van der Waals surface area (Å²) in [7, 11) is 1.37. The fourth-order valence-corrected chi connectivity index (χ4v) is 4.34. The first-order valence-corrected chi connectivity index (χ1v) is 10.3. The molecule has 1 atom stereocenters. The molecule has 8 heteroatoms. The van der Waals surface area contributed by atoms with E-state index in [0.717, 1.165) is 23.6 Å². The van der Waals surface area contributed by atoms with Gasteiger partial charge in [0.25, 0.3) is 0 Å². The molecular weight excluding hydrogens is 398 g/mol. The number of rotatable bonds is 8. The van der Waals surface area contributed by atoms with Gasteiger partial charge in [-0.2, -0.15) is 20.5 Å². The van der Waals surface area contributed by atoms with Crippen LogP contribution in [0.5, 0.6) is 11.5 Å². The molecule has 0 radical (unpaired) electrons. The van der Waals surface area contributed by atoms with Gasteiger partial charge >= 0.3 is 6.61 Å². The Kier molecular flexibility index (Phi) is 7.46. The molecule has 29 heavy (non-hydrogen) atoms. The summed E-state index contributed by atoms with van der Waals surface area (Å²) < 4.78 is 35.3. The van der Waals surface area contributed by atoms with Crippen molar-refractivity contribution in [1.29, 1.82) is 0 Å². The number of amides is 1. The topological polar surface area (TPSA) is 51.7 Å². The van der Waals surface area contributed by atoms with Gasteiger partial charge < -0.3 is 14.4 Å². The molecule has 5 nitrogen and oxygen atoms in total. The van der Waals surface area contributed by atoms with Crippen LogP contribution in [0.2, 0.25) is 0 Å². The number of carbonyl (C=O) groups is 1. The minimum absolute atomic E-state index is 0.0956. The van der Waals surface area contributed by atoms with E-state index >= 15 is 0 Å². The zero-order valence-electron chi connectivity index (χ0n) is 16.0. The highest BCUT2D eigenvalue weighted by Crippen LogP contribution is 2.33. The van der Waals surface area contributed by atoms with E-state index in [1.807, 2.05) is 30.0 Å². The first kappa shape index (κ1) is 21.1. The molecule has 3 rings (SSSR count). The first-order chi connectivity index (χ1) is 14.1. The molecule has 1 aliphatic heterocycles. The Hall–Kier alpha value is -2.61. The van der Waals surface area contributed by atoms with Crippen LogP contribution in [-0.2, 0) is 11.3 Å². The molecule has 1 aromatic carbocycles. The Morgan fingerprint density at radius 2 is 2.21 bits per heavy atom. The van der Waals surface area contributed by atoms with E-state index in [1.54, 1.807) is 23.2 Å². The van der Waals surface area contributed by atoms with Crippen LogP contribution in [0.4, 0.5) is 8.78 Å². The molecule has 2 heterocycles. The average molecular weight is 420 g/mol. The molecule has 0 aliphatic carbocycles. The molecular formula is C21H22F2N2O3S. The Bertz CT molecular complexity index is 843. The number of pyridine rings is 1. The van der Waals surface area contributed by atoms with Gasteiger partial charge in [0.15, 0.2) is 11.5 Å². The number of aromatic nitrogens is 1. The van der Waals surface area contributed by atoms with Gasteiger partial charge in [-0.25, -0.2) is 0 Å². The van der Waals surface area contributed by atoms with Gasteiger partial charge in [0, 0.05) is 29.6 Å². The number of nitrogens with zero attached hydrogens (tertiary/aromatic N) is 2. The predicted octanol–water partition coefficient (Wildman–Crippen LogP) is 4.24. The molecule has 0 spiro atoms. The smallest absolute Gasteiger partial charge is 0.387 e. The van der Waals surface area contributed by atoms with Crippen LogP contribution in [0, 0.1) is 0 Å². The van der Waals surface area contributed by atoms with Crippen LogP contribution in [0.1, 0.15) is 17.7 Å². The third-order valence-corrected chi connectivity index (χ3v) is 5.67. The van der Waals surface area contributed by atoms with E-state index in [-0.39, 0.29) is 23.4 Å². The molecule has 1 fully saturated rings. The highest BCUT2D eigenvalue weighted by molar-refractivity contribution is 7.99. The number of methoxy groups -OCH3 is 1. The highest BCUT2D eigenvalue weighted by Gasteiger charge is 2.26. The first-order valence-electron chi connectivity index (χ1n) is 9.16. The average Bonchev–Trinajstić information content (AvgIpc) is 3.26. The fraction of sp³-hybridized carbons (Fsp3) is 0.333. The molecule has 1 amide bonds. The van der Waals surface area contributed by atoms with Crippen molar-refractivity contribution < 1.29 is 23.0 Å². The van der Waals surface area contributed by atoms with Crippen LogP contribution in [0.25, 0.3) is 6.08 Å². The highest BCUT2D eigenvalue weighted by atomic mass is 32.2. The SMILES string of the molecule is COc1cccc(/C=C\C(=O)N(Cc2ccccn2)[C@@H]2CCSC2)c1OC(F)F. The van der Waals surface area contributed by atoms with E-state index in [9.17, 15) is 13.6 Å². The Morgan fingerprint density at radius 1 is 1.34 bits per heavy atom. The summed E-state index contributed by atoms with van der Waals surface area (Å²) in [6.07, 6.45) is 5.48. The zero-order valence-corrected chi connectivity index (χ0v) is 16.8. The fourth-order valence-electron chi connectivity index (χ4n) is 3.12. The second-order valence-electron chi connectivity index (χ2n) is 6.40. The normalized spacial score (nSPS) is 16.3. The van der Waals surface area contributed by atoms with Crippen molar-refractivity contribution in [2.24, 2.45) is 0 Å². The third kappa shape index (κ3) is 5.69. The second kappa shape index (κ2) is 10.2. The van der Waals surface area contributed by atoms with Crippen molar-refractivity contribution in [2.75, 3.05) is 18.6 Å². The molecule has 0 unspecified atom stereocenters. The largest absolute Gasteiger partial charge is 0.493 e. The van der Waals surface area contributed by atoms with Gasteiger partial charge in [-0.3, -0.25) is 9.78 Å². The van der Waals surface area contributed by atoms with E-state index in [1.165, 1.54) is 25.3 Å². The van der Waals surface area contributed by atoms with Gasteiger partial charge in [-0.05, 0) is 36.4 Å². The molecule has 0 bridgehead atoms. The summed E-state index contributed by atoms with van der Waals surface area (Å²) in [6.45, 7) is -2.60. The Labute approximate surface area is 172 Å². The number of thioether (sulfide) groups is 1. The molecule has 1 aromatic heterocycles. The van der Waals surface area contributed by atoms with Gasteiger partial charge in [-0.15, -0.1) is 0 Å². The quantitative estimate of drug-likeness (QED) is 0.598. The number of hydrogen-bond acceptors (Lipinski definition) is 5. The summed E-state index contributed by atoms with van der Waals surface area (Å²) in [5, 5.41) is 0. The molecule has 1 aliphatic rings. The molecule has 154 valence electrons. The van der Waals surface area contributed by atoms with Gasteiger partial charge in [0.1, 0.15) is 0 Å². The number of ether oxygens (including phenoxy) is 2. The Morgan fingerprint density at radius 3 is 2.86 bits per heavy atom. The van der Waals surface area contributed by atoms with Crippen LogP contribution < -0.4 is 9.47 Å². The number of para-hydroxylation sites is 1. The summed E-state index contributed by atoms with van der Waals surface area (Å²) in [5.41, 5.74) is 1.14. The van der Waals surface area contributed by atoms with Gasteiger partial charge in [-0.1, -0.05) is 18.2 Å². The lowest BCUT2D eigenvalue weighted by atomic mass is 10.1. The lowest BCUT2D eigenvalue weighted by molar-refractivity contribution is -0.128. The van der Waals surface area contributed by atoms with Gasteiger partial charge in [0.2, 0.25) is 5.91 Å². The van der Waals surface area contributed by atoms with Crippen molar-refractivity contribution in [1.82, 2.24) is 9.88 Å². The third-order valence-electron chi connectivity index (χ3n) is 4.53. The van der Waals surface area contributed by atoms with Crippen molar-refractivity contribution in [3.05, 3.63) is 59.9 Å². The van der Waals surface area contributed by atoms with E-state index in [4.69, 9.17) is 4.74 Å². The number of carbonyl (C=O) groups excluding carboxylic acids is 1. The van der Waals surface area contributed by atoms with E-state index in [2.05, 4.69) is 9.72 Å². The summed E-state index contributed by atoms with van der Waals surface area (Å²) >= 11 is 1.81. The standard InChI is InChI=1S/C21H22F2N2O3S/c1-27-18-7-4-5-15(20(18)28-21(22)23)8-9-19(26)25(17-10-12-29-14-17)13-16-6-2-3-11-24-16/h2-9,11,17,21H,10,12-14H2,1H3/b9-8-/t17-/m1/s1. The van der Waals surface area contributed by atoms with Crippen LogP contribution >= 0.6 is 11.8 Å². The van der Waals surface area contributed by atoms with Crippen LogP contribution in [0.15, 0.2) is 48.7 Å². The second-order valence-corrected chi connectivity index (χ2v) is 7.54. The van der Waals surface area contributed by atoms with Crippen molar-refractivity contribution in [2.45, 2.75) is 25.6 Å². The van der Waals surface area contributed by atoms with Gasteiger partial charge in [0.05, 0.1) is 19.3 Å². The molecule has 2 aromatic rings. The molecule has 0 N–H and O–H groups in total. The minimum atomic E-state index is -3.00. The summed E-state index contributed by atoms with van der Waals surface area (Å²) in [5.74, 6) is 1.75. The number of alkyl halides is 2. The van der Waals surface area contributed by atoms with Crippen LogP contribution in [0.3, 0.4) is 0 Å². The zero-order chi connectivity index (χ0) is 20.6. The van der Waals surface area contributed by atoms with Crippen molar-refractivity contribution >= 4 is 23.7 Å². The number of hydrogen-bond donors (Lipinski definition) is 0. The summed E-state index contributed by atoms with van der Waals surface area (Å²) in [6, 6.07) is 10.5. The lowest BCUT2D eigenvalue weighted by Crippen LogP contribution is -2.39. The number of halogens is 2.